The lowest BCUT2D eigenvalue weighted by atomic mass is 9.83. The van der Waals surface area contributed by atoms with Crippen LogP contribution in [0, 0.1) is 20.8 Å². The van der Waals surface area contributed by atoms with E-state index in [1.54, 1.807) is 11.3 Å². The number of thiophene rings is 1. The van der Waals surface area contributed by atoms with E-state index in [1.807, 2.05) is 13.0 Å². The first-order valence-electron chi connectivity index (χ1n) is 12.6. The lowest BCUT2D eigenvalue weighted by Gasteiger charge is -2.26. The minimum Gasteiger partial charge on any atom is -0.252 e. The van der Waals surface area contributed by atoms with E-state index >= 15 is 0 Å². The van der Waals surface area contributed by atoms with Gasteiger partial charge in [0.05, 0.1) is 22.8 Å². The molecule has 37 heavy (non-hydrogen) atoms. The highest BCUT2D eigenvalue weighted by atomic mass is 32.1. The highest BCUT2D eigenvalue weighted by Crippen LogP contribution is 2.40. The molecule has 6 rings (SSSR count). The van der Waals surface area contributed by atoms with E-state index in [-0.39, 0.29) is 5.41 Å². The van der Waals surface area contributed by atoms with Crippen molar-refractivity contribution in [2.24, 2.45) is 0 Å². The average Bonchev–Trinajstić information content (AvgIpc) is 3.26. The third-order valence-corrected chi connectivity index (χ3v) is 8.22. The van der Waals surface area contributed by atoms with Crippen LogP contribution in [0.1, 0.15) is 42.1 Å². The van der Waals surface area contributed by atoms with Crippen LogP contribution in [0.25, 0.3) is 42.8 Å². The molecule has 0 atom stereocenters. The van der Waals surface area contributed by atoms with Crippen LogP contribution >= 0.6 is 11.3 Å². The predicted molar refractivity (Wildman–Crippen MR) is 156 cm³/mol. The van der Waals surface area contributed by atoms with Gasteiger partial charge in [0.15, 0.2) is 0 Å². The van der Waals surface area contributed by atoms with Crippen LogP contribution in [0.3, 0.4) is 0 Å². The molecule has 182 valence electrons. The Morgan fingerprint density at radius 1 is 0.622 bits per heavy atom. The molecule has 0 radical (unpaired) electrons. The Kier molecular flexibility index (Phi) is 5.65. The zero-order chi connectivity index (χ0) is 25.7. The Hall–Kier alpha value is -3.89. The molecule has 0 bridgehead atoms. The fourth-order valence-electron chi connectivity index (χ4n) is 4.97. The van der Waals surface area contributed by atoms with Crippen LogP contribution in [-0.4, -0.2) is 15.0 Å². The lowest BCUT2D eigenvalue weighted by molar-refractivity contribution is 0.595. The zero-order valence-corrected chi connectivity index (χ0v) is 22.6. The molecule has 0 N–H and O–H groups in total. The minimum absolute atomic E-state index is 0.372. The molecular formula is C33H29N3S. The summed E-state index contributed by atoms with van der Waals surface area (Å²) in [7, 11) is 0. The second kappa shape index (κ2) is 8.89. The third-order valence-electron chi connectivity index (χ3n) is 7.07. The Bertz CT molecular complexity index is 1780. The number of pyridine rings is 3. The van der Waals surface area contributed by atoms with Gasteiger partial charge in [-0.25, -0.2) is 4.98 Å². The van der Waals surface area contributed by atoms with Crippen LogP contribution in [0.2, 0.25) is 0 Å². The largest absolute Gasteiger partial charge is 0.252 e. The van der Waals surface area contributed by atoms with Crippen molar-refractivity contribution in [3.63, 3.8) is 0 Å². The highest BCUT2D eigenvalue weighted by Gasteiger charge is 2.28. The predicted octanol–water partition coefficient (Wildman–Crippen LogP) is 8.82. The summed E-state index contributed by atoms with van der Waals surface area (Å²) in [5, 5.41) is 2.44. The molecule has 0 saturated heterocycles. The third kappa shape index (κ3) is 4.21. The summed E-state index contributed by atoms with van der Waals surface area (Å²) in [4.78, 5) is 16.3. The molecule has 0 saturated carbocycles. The molecule has 2 aromatic carbocycles. The number of aromatic nitrogens is 3. The van der Waals surface area contributed by atoms with Crippen LogP contribution in [-0.2, 0) is 5.41 Å². The van der Waals surface area contributed by atoms with Gasteiger partial charge >= 0.3 is 0 Å². The number of aryl methyl sites for hydroxylation is 3. The van der Waals surface area contributed by atoms with E-state index in [1.165, 1.54) is 26.6 Å². The lowest BCUT2D eigenvalue weighted by Crippen LogP contribution is -2.23. The van der Waals surface area contributed by atoms with Gasteiger partial charge in [0.25, 0.3) is 0 Å². The molecule has 0 spiro atoms. The molecule has 6 aromatic rings. The number of benzene rings is 2. The Labute approximate surface area is 221 Å². The van der Waals surface area contributed by atoms with Gasteiger partial charge in [-0.2, -0.15) is 0 Å². The van der Waals surface area contributed by atoms with Crippen molar-refractivity contribution in [2.75, 3.05) is 0 Å². The SMILES string of the molecule is Cc1cc(-c2ccccc2)nc(C(C)(C)c2cc(C)cc(-c3cccc4c3sc3nc(C)ccc34)n2)c1. The van der Waals surface area contributed by atoms with Crippen molar-refractivity contribution in [3.8, 4) is 22.5 Å². The Morgan fingerprint density at radius 3 is 2.03 bits per heavy atom. The molecule has 0 fully saturated rings. The summed E-state index contributed by atoms with van der Waals surface area (Å²) >= 11 is 1.75. The first-order valence-corrected chi connectivity index (χ1v) is 13.4. The number of nitrogens with zero attached hydrogens (tertiary/aromatic N) is 3. The average molecular weight is 500 g/mol. The maximum Gasteiger partial charge on any atom is 0.124 e. The van der Waals surface area contributed by atoms with Gasteiger partial charge < -0.3 is 0 Å². The fourth-order valence-corrected chi connectivity index (χ4v) is 6.22. The summed E-state index contributed by atoms with van der Waals surface area (Å²) < 4.78 is 1.23. The van der Waals surface area contributed by atoms with Gasteiger partial charge in [-0.1, -0.05) is 48.5 Å². The molecule has 4 heterocycles. The second-order valence-electron chi connectivity index (χ2n) is 10.4. The number of hydrogen-bond donors (Lipinski definition) is 0. The highest BCUT2D eigenvalue weighted by molar-refractivity contribution is 7.26. The Morgan fingerprint density at radius 2 is 1.30 bits per heavy atom. The summed E-state index contributed by atoms with van der Waals surface area (Å²) in [5.41, 5.74) is 9.37. The normalized spacial score (nSPS) is 11.9. The van der Waals surface area contributed by atoms with E-state index in [2.05, 4.69) is 107 Å². The van der Waals surface area contributed by atoms with Crippen molar-refractivity contribution in [1.82, 2.24) is 15.0 Å². The van der Waals surface area contributed by atoms with Crippen molar-refractivity contribution >= 4 is 31.6 Å². The molecule has 0 aliphatic heterocycles. The smallest absolute Gasteiger partial charge is 0.124 e. The standard InChI is InChI=1S/C33H29N3S/c1-20-16-27(23-10-7-6-8-11-23)35-29(18-20)33(4,5)30-19-21(2)17-28(36-30)26-13-9-12-24-25-15-14-22(3)34-32(25)37-31(24)26/h6-19H,1-5H3. The fraction of sp³-hybridized carbons (Fsp3) is 0.182. The monoisotopic (exact) mass is 499 g/mol. The van der Waals surface area contributed by atoms with Crippen molar-refractivity contribution in [2.45, 2.75) is 40.0 Å². The van der Waals surface area contributed by atoms with Crippen LogP contribution in [0.4, 0.5) is 0 Å². The van der Waals surface area contributed by atoms with E-state index in [0.717, 1.165) is 44.4 Å². The van der Waals surface area contributed by atoms with E-state index in [0.29, 0.717) is 0 Å². The van der Waals surface area contributed by atoms with E-state index < -0.39 is 0 Å². The van der Waals surface area contributed by atoms with Crippen LogP contribution in [0.15, 0.2) is 84.9 Å². The van der Waals surface area contributed by atoms with Gasteiger partial charge in [0, 0.05) is 37.7 Å². The van der Waals surface area contributed by atoms with Gasteiger partial charge in [-0.3, -0.25) is 9.97 Å². The van der Waals surface area contributed by atoms with Crippen molar-refractivity contribution < 1.29 is 0 Å². The quantitative estimate of drug-likeness (QED) is 0.243. The van der Waals surface area contributed by atoms with Crippen LogP contribution in [0.5, 0.6) is 0 Å². The maximum absolute atomic E-state index is 5.27. The van der Waals surface area contributed by atoms with Gasteiger partial charge in [-0.15, -0.1) is 11.3 Å². The Balaban J connectivity index is 1.50. The van der Waals surface area contributed by atoms with E-state index in [9.17, 15) is 0 Å². The topological polar surface area (TPSA) is 38.7 Å². The first kappa shape index (κ1) is 23.5. The summed E-state index contributed by atoms with van der Waals surface area (Å²) in [6, 6.07) is 29.9. The molecule has 0 aliphatic carbocycles. The zero-order valence-electron chi connectivity index (χ0n) is 21.8. The molecule has 0 unspecified atom stereocenters. The van der Waals surface area contributed by atoms with Gasteiger partial charge in [0.1, 0.15) is 4.83 Å². The van der Waals surface area contributed by atoms with Gasteiger partial charge in [-0.05, 0) is 82.1 Å². The molecule has 3 nitrogen and oxygen atoms in total. The van der Waals surface area contributed by atoms with Crippen LogP contribution < -0.4 is 0 Å². The van der Waals surface area contributed by atoms with Gasteiger partial charge in [0.2, 0.25) is 0 Å². The summed E-state index contributed by atoms with van der Waals surface area (Å²) in [5.74, 6) is 0. The molecular weight excluding hydrogens is 470 g/mol. The first-order chi connectivity index (χ1) is 17.8. The number of rotatable bonds is 4. The molecule has 4 aromatic heterocycles. The number of fused-ring (bicyclic) bond motifs is 3. The van der Waals surface area contributed by atoms with Crippen molar-refractivity contribution in [1.29, 1.82) is 0 Å². The molecule has 4 heteroatoms. The molecule has 0 amide bonds. The molecule has 0 aliphatic rings. The van der Waals surface area contributed by atoms with E-state index in [4.69, 9.17) is 15.0 Å². The number of hydrogen-bond acceptors (Lipinski definition) is 4. The summed E-state index contributed by atoms with van der Waals surface area (Å²) in [6.07, 6.45) is 0. The van der Waals surface area contributed by atoms with Crippen molar-refractivity contribution in [3.05, 3.63) is 113 Å². The maximum atomic E-state index is 5.27. The minimum atomic E-state index is -0.372. The second-order valence-corrected chi connectivity index (χ2v) is 11.4. The summed E-state index contributed by atoms with van der Waals surface area (Å²) in [6.45, 7) is 10.8.